The van der Waals surface area contributed by atoms with Crippen LogP contribution in [0, 0.1) is 0 Å². The van der Waals surface area contributed by atoms with Crippen LogP contribution in [-0.4, -0.2) is 30.6 Å². The molecule has 1 aliphatic carbocycles. The van der Waals surface area contributed by atoms with E-state index in [0.717, 1.165) is 18.7 Å². The Kier molecular flexibility index (Phi) is 3.60. The smallest absolute Gasteiger partial charge is 0.119 e. The molecule has 4 aromatic rings. The Hall–Kier alpha value is -2.78. The van der Waals surface area contributed by atoms with Crippen LogP contribution < -0.4 is 4.74 Å². The summed E-state index contributed by atoms with van der Waals surface area (Å²) < 4.78 is 5.55. The SMILES string of the molecule is COc1cccc([C@@]23CCN(C)[C@@H](C2)c2c([nH]c4c2ccc2ccccc24)C3)c1. The second kappa shape index (κ2) is 6.11. The van der Waals surface area contributed by atoms with E-state index in [0.29, 0.717) is 6.04 Å². The van der Waals surface area contributed by atoms with Gasteiger partial charge < -0.3 is 9.72 Å². The van der Waals surface area contributed by atoms with Crippen molar-refractivity contribution in [3.8, 4) is 5.75 Å². The number of aromatic amines is 1. The summed E-state index contributed by atoms with van der Waals surface area (Å²) in [6, 6.07) is 22.5. The standard InChI is InChI=1S/C26H26N2O/c1-28-13-12-26(18-7-5-8-19(14-18)29-2)15-22-24(23(28)16-26)21-11-10-17-6-3-4-9-20(17)25(21)27-22/h3-11,14,23,27H,12-13,15-16H2,1-2H3/t23-,26+/m0/s1. The molecule has 29 heavy (non-hydrogen) atoms. The Morgan fingerprint density at radius 1 is 1.03 bits per heavy atom. The van der Waals surface area contributed by atoms with Crippen molar-refractivity contribution in [2.45, 2.75) is 30.7 Å². The highest BCUT2D eigenvalue weighted by atomic mass is 16.5. The summed E-state index contributed by atoms with van der Waals surface area (Å²) in [5, 5.41) is 4.03. The maximum absolute atomic E-state index is 5.55. The number of rotatable bonds is 2. The van der Waals surface area contributed by atoms with Gasteiger partial charge in [0.05, 0.1) is 12.6 Å². The van der Waals surface area contributed by atoms with E-state index >= 15 is 0 Å². The molecule has 1 fully saturated rings. The maximum atomic E-state index is 5.55. The van der Waals surface area contributed by atoms with Gasteiger partial charge in [0.15, 0.2) is 0 Å². The van der Waals surface area contributed by atoms with E-state index in [9.17, 15) is 0 Å². The van der Waals surface area contributed by atoms with Gasteiger partial charge in [0.1, 0.15) is 5.75 Å². The van der Waals surface area contributed by atoms with E-state index in [1.54, 1.807) is 7.11 Å². The number of likely N-dealkylation sites (tertiary alicyclic amines) is 1. The Morgan fingerprint density at radius 2 is 1.93 bits per heavy atom. The predicted molar refractivity (Wildman–Crippen MR) is 119 cm³/mol. The molecule has 0 radical (unpaired) electrons. The van der Waals surface area contributed by atoms with Gasteiger partial charge in [-0.25, -0.2) is 0 Å². The molecule has 3 heteroatoms. The summed E-state index contributed by atoms with van der Waals surface area (Å²) >= 11 is 0. The predicted octanol–water partition coefficient (Wildman–Crippen LogP) is 5.59. The molecule has 1 N–H and O–H groups in total. The molecule has 3 nitrogen and oxygen atoms in total. The number of piperidine rings is 1. The summed E-state index contributed by atoms with van der Waals surface area (Å²) in [4.78, 5) is 6.43. The maximum Gasteiger partial charge on any atom is 0.119 e. The van der Waals surface area contributed by atoms with E-state index < -0.39 is 0 Å². The summed E-state index contributed by atoms with van der Waals surface area (Å²) in [5.74, 6) is 0.959. The monoisotopic (exact) mass is 382 g/mol. The topological polar surface area (TPSA) is 28.3 Å². The minimum absolute atomic E-state index is 0.176. The van der Waals surface area contributed by atoms with Crippen molar-refractivity contribution in [2.75, 3.05) is 20.7 Å². The molecule has 2 aliphatic rings. The number of hydrogen-bond donors (Lipinski definition) is 1. The average Bonchev–Trinajstić information content (AvgIpc) is 3.15. The van der Waals surface area contributed by atoms with Crippen LogP contribution in [0.3, 0.4) is 0 Å². The van der Waals surface area contributed by atoms with Crippen LogP contribution in [0.1, 0.15) is 35.7 Å². The molecule has 2 atom stereocenters. The van der Waals surface area contributed by atoms with Gasteiger partial charge in [-0.15, -0.1) is 0 Å². The van der Waals surface area contributed by atoms with Gasteiger partial charge in [0.25, 0.3) is 0 Å². The second-order valence-electron chi connectivity index (χ2n) is 8.87. The van der Waals surface area contributed by atoms with Crippen LogP contribution in [0.2, 0.25) is 0 Å². The van der Waals surface area contributed by atoms with Gasteiger partial charge in [-0.1, -0.05) is 48.5 Å². The van der Waals surface area contributed by atoms with Gasteiger partial charge in [-0.05, 0) is 61.5 Å². The number of fused-ring (bicyclic) bond motifs is 8. The molecule has 2 bridgehead atoms. The Morgan fingerprint density at radius 3 is 2.83 bits per heavy atom. The molecule has 0 saturated carbocycles. The molecule has 146 valence electrons. The highest BCUT2D eigenvalue weighted by molar-refractivity contribution is 6.07. The molecule has 1 aliphatic heterocycles. The lowest BCUT2D eigenvalue weighted by Crippen LogP contribution is -2.47. The molecule has 6 rings (SSSR count). The number of nitrogens with one attached hydrogen (secondary N) is 1. The molecule has 0 spiro atoms. The van der Waals surface area contributed by atoms with Crippen molar-refractivity contribution in [3.63, 3.8) is 0 Å². The quantitative estimate of drug-likeness (QED) is 0.489. The largest absolute Gasteiger partial charge is 0.497 e. The van der Waals surface area contributed by atoms with E-state index in [-0.39, 0.29) is 5.41 Å². The van der Waals surface area contributed by atoms with E-state index in [4.69, 9.17) is 4.74 Å². The molecule has 0 amide bonds. The van der Waals surface area contributed by atoms with Crippen LogP contribution in [0.5, 0.6) is 5.75 Å². The normalized spacial score (nSPS) is 24.0. The fourth-order valence-corrected chi connectivity index (χ4v) is 5.84. The third-order valence-corrected chi connectivity index (χ3v) is 7.41. The van der Waals surface area contributed by atoms with Gasteiger partial charge in [-0.2, -0.15) is 0 Å². The van der Waals surface area contributed by atoms with Crippen molar-refractivity contribution in [3.05, 3.63) is 77.5 Å². The van der Waals surface area contributed by atoms with Crippen molar-refractivity contribution in [1.29, 1.82) is 0 Å². The van der Waals surface area contributed by atoms with Gasteiger partial charge >= 0.3 is 0 Å². The lowest BCUT2D eigenvalue weighted by atomic mass is 9.63. The zero-order valence-electron chi connectivity index (χ0n) is 17.0. The first-order chi connectivity index (χ1) is 14.2. The molecule has 1 aromatic heterocycles. The molecule has 1 saturated heterocycles. The van der Waals surface area contributed by atoms with E-state index in [1.807, 2.05) is 0 Å². The lowest BCUT2D eigenvalue weighted by molar-refractivity contribution is 0.103. The molecular formula is C26H26N2O. The second-order valence-corrected chi connectivity index (χ2v) is 8.87. The van der Waals surface area contributed by atoms with Crippen molar-refractivity contribution >= 4 is 21.7 Å². The van der Waals surface area contributed by atoms with Crippen molar-refractivity contribution < 1.29 is 4.74 Å². The van der Waals surface area contributed by atoms with Crippen molar-refractivity contribution in [2.24, 2.45) is 0 Å². The number of hydrogen-bond acceptors (Lipinski definition) is 2. The fraction of sp³-hybridized carbons (Fsp3) is 0.308. The summed E-state index contributed by atoms with van der Waals surface area (Å²) in [5.41, 5.74) is 5.84. The number of benzene rings is 3. The summed E-state index contributed by atoms with van der Waals surface area (Å²) in [7, 11) is 4.05. The third kappa shape index (κ3) is 2.40. The first-order valence-electron chi connectivity index (χ1n) is 10.6. The van der Waals surface area contributed by atoms with Crippen molar-refractivity contribution in [1.82, 2.24) is 9.88 Å². The minimum atomic E-state index is 0.176. The Bertz CT molecular complexity index is 1240. The van der Waals surface area contributed by atoms with Crippen LogP contribution in [0.4, 0.5) is 0 Å². The first-order valence-corrected chi connectivity index (χ1v) is 10.6. The van der Waals surface area contributed by atoms with Gasteiger partial charge in [0, 0.05) is 27.9 Å². The number of ether oxygens (including phenoxy) is 1. The summed E-state index contributed by atoms with van der Waals surface area (Å²) in [6.45, 7) is 1.13. The van der Waals surface area contributed by atoms with Crippen LogP contribution in [0.25, 0.3) is 21.7 Å². The Balaban J connectivity index is 1.57. The molecule has 3 aromatic carbocycles. The number of H-pyrrole nitrogens is 1. The summed E-state index contributed by atoms with van der Waals surface area (Å²) in [6.07, 6.45) is 3.43. The number of nitrogens with zero attached hydrogens (tertiary/aromatic N) is 1. The lowest BCUT2D eigenvalue weighted by Gasteiger charge is -2.49. The molecular weight excluding hydrogens is 356 g/mol. The average molecular weight is 383 g/mol. The minimum Gasteiger partial charge on any atom is -0.497 e. The molecule has 0 unspecified atom stereocenters. The number of aromatic nitrogens is 1. The third-order valence-electron chi connectivity index (χ3n) is 7.41. The highest BCUT2D eigenvalue weighted by Gasteiger charge is 2.46. The van der Waals surface area contributed by atoms with E-state index in [1.165, 1.54) is 51.3 Å². The van der Waals surface area contributed by atoms with Crippen LogP contribution in [-0.2, 0) is 11.8 Å². The Labute approximate surface area is 171 Å². The van der Waals surface area contributed by atoms with Gasteiger partial charge in [0.2, 0.25) is 0 Å². The van der Waals surface area contributed by atoms with Crippen LogP contribution >= 0.6 is 0 Å². The first kappa shape index (κ1) is 17.1. The molecule has 2 heterocycles. The highest BCUT2D eigenvalue weighted by Crippen LogP contribution is 2.53. The zero-order valence-corrected chi connectivity index (χ0v) is 17.0. The number of methoxy groups -OCH3 is 1. The zero-order chi connectivity index (χ0) is 19.6. The van der Waals surface area contributed by atoms with E-state index in [2.05, 4.69) is 77.6 Å². The van der Waals surface area contributed by atoms with Crippen LogP contribution in [0.15, 0.2) is 60.7 Å². The fourth-order valence-electron chi connectivity index (χ4n) is 5.84. The van der Waals surface area contributed by atoms with Gasteiger partial charge in [-0.3, -0.25) is 4.90 Å².